The normalized spacial score (nSPS) is 15.4. The Kier molecular flexibility index (Phi) is 5.73. The Morgan fingerprint density at radius 1 is 0.938 bits per heavy atom. The average molecular weight is 429 g/mol. The first-order chi connectivity index (χ1) is 15.8. The summed E-state index contributed by atoms with van der Waals surface area (Å²) in [6.07, 6.45) is 0.983. The Morgan fingerprint density at radius 2 is 1.81 bits per heavy atom. The molecule has 0 radical (unpaired) electrons. The van der Waals surface area contributed by atoms with E-state index in [1.165, 1.54) is 16.6 Å². The molecule has 0 spiro atoms. The summed E-state index contributed by atoms with van der Waals surface area (Å²) in [5.41, 5.74) is 5.98. The molecule has 4 aromatic rings. The van der Waals surface area contributed by atoms with Gasteiger partial charge in [-0.25, -0.2) is 0 Å². The van der Waals surface area contributed by atoms with E-state index in [2.05, 4.69) is 46.7 Å². The van der Waals surface area contributed by atoms with Crippen LogP contribution >= 0.6 is 0 Å². The number of aromatic nitrogens is 1. The summed E-state index contributed by atoms with van der Waals surface area (Å²) >= 11 is 0. The quantitative estimate of drug-likeness (QED) is 0.414. The molecule has 1 aromatic heterocycles. The largest absolute Gasteiger partial charge is 0.494 e. The number of hydrogen-bond donors (Lipinski definition) is 2. The minimum atomic E-state index is 0.0683. The smallest absolute Gasteiger partial charge is 0.161 e. The van der Waals surface area contributed by atoms with Crippen molar-refractivity contribution in [1.82, 2.24) is 10.3 Å². The third kappa shape index (κ3) is 3.92. The van der Waals surface area contributed by atoms with Gasteiger partial charge in [-0.3, -0.25) is 0 Å². The molecular weight excluding hydrogens is 400 g/mol. The standard InChI is InChI=1S/C27H28N2O3/c1-3-31-20-10-11-23-22(16-20)21-13-14-28-26(27(21)29-23)19-9-12-24(25(15-19)30-2)32-17-18-7-5-4-6-8-18/h4-12,15-16,26,28-29H,3,13-14,17H2,1-2H3. The molecule has 2 heterocycles. The lowest BCUT2D eigenvalue weighted by atomic mass is 9.94. The molecule has 3 aromatic carbocycles. The highest BCUT2D eigenvalue weighted by molar-refractivity contribution is 5.86. The lowest BCUT2D eigenvalue weighted by Gasteiger charge is -2.25. The number of aromatic amines is 1. The topological polar surface area (TPSA) is 55.5 Å². The molecule has 1 aliphatic rings. The van der Waals surface area contributed by atoms with Crippen molar-refractivity contribution in [3.63, 3.8) is 0 Å². The number of fused-ring (bicyclic) bond motifs is 3. The molecule has 32 heavy (non-hydrogen) atoms. The van der Waals surface area contributed by atoms with Gasteiger partial charge >= 0.3 is 0 Å². The molecule has 1 unspecified atom stereocenters. The van der Waals surface area contributed by atoms with Gasteiger partial charge in [0.2, 0.25) is 0 Å². The molecule has 0 aliphatic carbocycles. The zero-order chi connectivity index (χ0) is 21.9. The lowest BCUT2D eigenvalue weighted by molar-refractivity contribution is 0.284. The van der Waals surface area contributed by atoms with Gasteiger partial charge in [0.05, 0.1) is 19.8 Å². The van der Waals surface area contributed by atoms with E-state index in [-0.39, 0.29) is 6.04 Å². The molecule has 2 N–H and O–H groups in total. The molecule has 0 bridgehead atoms. The third-order valence-corrected chi connectivity index (χ3v) is 5.99. The van der Waals surface area contributed by atoms with E-state index >= 15 is 0 Å². The fourth-order valence-corrected chi connectivity index (χ4v) is 4.47. The predicted molar refractivity (Wildman–Crippen MR) is 127 cm³/mol. The van der Waals surface area contributed by atoms with Crippen molar-refractivity contribution in [2.24, 2.45) is 0 Å². The van der Waals surface area contributed by atoms with Gasteiger partial charge in [0.25, 0.3) is 0 Å². The summed E-state index contributed by atoms with van der Waals surface area (Å²) in [5, 5.41) is 4.90. The first kappa shape index (κ1) is 20.5. The minimum absolute atomic E-state index is 0.0683. The second kappa shape index (κ2) is 8.97. The molecule has 0 fully saturated rings. The summed E-state index contributed by atoms with van der Waals surface area (Å²) in [7, 11) is 1.69. The molecule has 1 atom stereocenters. The first-order valence-electron chi connectivity index (χ1n) is 11.1. The number of rotatable bonds is 7. The second-order valence-electron chi connectivity index (χ2n) is 7.98. The molecule has 0 saturated heterocycles. The van der Waals surface area contributed by atoms with Gasteiger partial charge in [0, 0.05) is 23.1 Å². The van der Waals surface area contributed by atoms with E-state index in [1.54, 1.807) is 7.11 Å². The zero-order valence-electron chi connectivity index (χ0n) is 18.5. The molecule has 1 aliphatic heterocycles. The van der Waals surface area contributed by atoms with E-state index < -0.39 is 0 Å². The van der Waals surface area contributed by atoms with Gasteiger partial charge in [-0.1, -0.05) is 36.4 Å². The van der Waals surface area contributed by atoms with Crippen LogP contribution in [0.25, 0.3) is 10.9 Å². The number of benzene rings is 3. The van der Waals surface area contributed by atoms with Crippen molar-refractivity contribution < 1.29 is 14.2 Å². The third-order valence-electron chi connectivity index (χ3n) is 5.99. The molecule has 5 heteroatoms. The van der Waals surface area contributed by atoms with E-state index in [4.69, 9.17) is 14.2 Å². The molecule has 5 nitrogen and oxygen atoms in total. The highest BCUT2D eigenvalue weighted by Crippen LogP contribution is 2.38. The maximum Gasteiger partial charge on any atom is 0.161 e. The second-order valence-corrected chi connectivity index (χ2v) is 7.98. The van der Waals surface area contributed by atoms with Gasteiger partial charge in [-0.15, -0.1) is 0 Å². The number of hydrogen-bond acceptors (Lipinski definition) is 4. The van der Waals surface area contributed by atoms with Gasteiger partial charge in [-0.2, -0.15) is 0 Å². The van der Waals surface area contributed by atoms with Gasteiger partial charge in [-0.05, 0) is 60.4 Å². The van der Waals surface area contributed by atoms with Crippen LogP contribution in [0.3, 0.4) is 0 Å². The highest BCUT2D eigenvalue weighted by atomic mass is 16.5. The van der Waals surface area contributed by atoms with E-state index in [9.17, 15) is 0 Å². The number of nitrogens with one attached hydrogen (secondary N) is 2. The maximum atomic E-state index is 6.04. The Hall–Kier alpha value is -3.44. The van der Waals surface area contributed by atoms with Crippen LogP contribution < -0.4 is 19.5 Å². The van der Waals surface area contributed by atoms with Crippen molar-refractivity contribution in [2.45, 2.75) is 26.0 Å². The van der Waals surface area contributed by atoms with Crippen LogP contribution in [0.4, 0.5) is 0 Å². The highest BCUT2D eigenvalue weighted by Gasteiger charge is 2.26. The van der Waals surface area contributed by atoms with Gasteiger partial charge in [0.15, 0.2) is 11.5 Å². The molecule has 164 valence electrons. The number of H-pyrrole nitrogens is 1. The number of methoxy groups -OCH3 is 1. The SMILES string of the molecule is CCOc1ccc2[nH]c3c(c2c1)CCNC3c1ccc(OCc2ccccc2)c(OC)c1. The van der Waals surface area contributed by atoms with Gasteiger partial charge in [0.1, 0.15) is 12.4 Å². The Bertz CT molecular complexity index is 1220. The number of ether oxygens (including phenoxy) is 3. The average Bonchev–Trinajstić information content (AvgIpc) is 3.22. The summed E-state index contributed by atoms with van der Waals surface area (Å²) in [6, 6.07) is 22.7. The van der Waals surface area contributed by atoms with Crippen LogP contribution in [0.2, 0.25) is 0 Å². The van der Waals surface area contributed by atoms with Crippen molar-refractivity contribution in [2.75, 3.05) is 20.3 Å². The van der Waals surface area contributed by atoms with E-state index in [1.807, 2.05) is 37.3 Å². The molecule has 0 saturated carbocycles. The summed E-state index contributed by atoms with van der Waals surface area (Å²) in [5.74, 6) is 2.40. The maximum absolute atomic E-state index is 6.04. The molecular formula is C27H28N2O3. The van der Waals surface area contributed by atoms with Crippen LogP contribution in [0.15, 0.2) is 66.7 Å². The van der Waals surface area contributed by atoms with Crippen LogP contribution in [-0.4, -0.2) is 25.2 Å². The monoisotopic (exact) mass is 428 g/mol. The van der Waals surface area contributed by atoms with Crippen LogP contribution in [0.5, 0.6) is 17.2 Å². The van der Waals surface area contributed by atoms with Crippen molar-refractivity contribution >= 4 is 10.9 Å². The Morgan fingerprint density at radius 3 is 2.62 bits per heavy atom. The van der Waals surface area contributed by atoms with E-state index in [0.29, 0.717) is 13.2 Å². The predicted octanol–water partition coefficient (Wildman–Crippen LogP) is 5.39. The summed E-state index contributed by atoms with van der Waals surface area (Å²) in [4.78, 5) is 3.64. The van der Waals surface area contributed by atoms with Crippen molar-refractivity contribution in [3.05, 3.63) is 89.1 Å². The van der Waals surface area contributed by atoms with Crippen molar-refractivity contribution in [3.8, 4) is 17.2 Å². The van der Waals surface area contributed by atoms with Crippen molar-refractivity contribution in [1.29, 1.82) is 0 Å². The first-order valence-corrected chi connectivity index (χ1v) is 11.1. The summed E-state index contributed by atoms with van der Waals surface area (Å²) < 4.78 is 17.4. The Balaban J connectivity index is 1.44. The van der Waals surface area contributed by atoms with Crippen LogP contribution in [0.1, 0.15) is 35.3 Å². The minimum Gasteiger partial charge on any atom is -0.494 e. The van der Waals surface area contributed by atoms with E-state index in [0.717, 1.165) is 46.9 Å². The summed E-state index contributed by atoms with van der Waals surface area (Å²) in [6.45, 7) is 4.10. The van der Waals surface area contributed by atoms with Gasteiger partial charge < -0.3 is 24.5 Å². The molecule has 0 amide bonds. The Labute approximate surface area is 188 Å². The zero-order valence-corrected chi connectivity index (χ0v) is 18.5. The molecule has 5 rings (SSSR count). The fraction of sp³-hybridized carbons (Fsp3) is 0.259. The van der Waals surface area contributed by atoms with Crippen LogP contribution in [-0.2, 0) is 13.0 Å². The fourth-order valence-electron chi connectivity index (χ4n) is 4.47. The van der Waals surface area contributed by atoms with Crippen LogP contribution in [0, 0.1) is 0 Å². The lowest BCUT2D eigenvalue weighted by Crippen LogP contribution is -2.30.